The highest BCUT2D eigenvalue weighted by Crippen LogP contribution is 2.42. The normalized spacial score (nSPS) is 28.5. The van der Waals surface area contributed by atoms with E-state index in [0.717, 1.165) is 23.7 Å². The van der Waals surface area contributed by atoms with Crippen molar-refractivity contribution in [3.63, 3.8) is 0 Å². The molecular weight excluding hydrogens is 516 g/mol. The van der Waals surface area contributed by atoms with Crippen LogP contribution in [0.3, 0.4) is 0 Å². The Morgan fingerprint density at radius 1 is 0.209 bits per heavy atom. The first-order valence-electron chi connectivity index (χ1n) is 21.3. The van der Waals surface area contributed by atoms with E-state index in [4.69, 9.17) is 0 Å². The second-order valence-corrected chi connectivity index (χ2v) is 15.9. The maximum absolute atomic E-state index is 2.41. The molecule has 0 heterocycles. The molecule has 256 valence electrons. The standard InChI is InChI=1S/C11H20.C10H18.2C10H20.C2H6/c1-9-5-7-11(8-6-9)10-3-2-4-10;1-2-5-9(6-3-1)10-7-4-8-10;2*1-2-4-6-8-10-9-7-5-3-1;1-2/h9-11H,2-8H2,1H3;9-10H,1-8H2;2*1-10H2;1-2H3. The molecule has 0 spiro atoms. The summed E-state index contributed by atoms with van der Waals surface area (Å²) in [5, 5.41) is 0. The molecule has 0 heteroatoms. The summed E-state index contributed by atoms with van der Waals surface area (Å²) in [5.74, 6) is 5.65. The molecular formula is C43H84. The average Bonchev–Trinajstić information content (AvgIpc) is 3.01. The molecule has 6 fully saturated rings. The summed E-state index contributed by atoms with van der Waals surface area (Å²) < 4.78 is 0. The lowest BCUT2D eigenvalue weighted by atomic mass is 9.68. The fourth-order valence-corrected chi connectivity index (χ4v) is 8.72. The molecule has 0 saturated heterocycles. The van der Waals surface area contributed by atoms with E-state index in [1.807, 2.05) is 13.8 Å². The Morgan fingerprint density at radius 2 is 0.395 bits per heavy atom. The van der Waals surface area contributed by atoms with Crippen LogP contribution >= 0.6 is 0 Å². The molecule has 6 aliphatic carbocycles. The van der Waals surface area contributed by atoms with Crippen molar-refractivity contribution in [2.24, 2.45) is 29.6 Å². The average molecular weight is 601 g/mol. The van der Waals surface area contributed by atoms with Crippen LogP contribution in [0.2, 0.25) is 0 Å². The molecule has 0 atom stereocenters. The fourth-order valence-electron chi connectivity index (χ4n) is 8.72. The fraction of sp³-hybridized carbons (Fsp3) is 1.00. The van der Waals surface area contributed by atoms with Gasteiger partial charge in [0.25, 0.3) is 0 Å². The molecule has 0 aromatic heterocycles. The Kier molecular flexibility index (Phi) is 25.7. The molecule has 6 rings (SSSR count). The van der Waals surface area contributed by atoms with Gasteiger partial charge in [-0.1, -0.05) is 233 Å². The van der Waals surface area contributed by atoms with Crippen molar-refractivity contribution >= 4 is 0 Å². The van der Waals surface area contributed by atoms with Crippen LogP contribution < -0.4 is 0 Å². The molecule has 0 nitrogen and oxygen atoms in total. The zero-order chi connectivity index (χ0) is 30.6. The van der Waals surface area contributed by atoms with E-state index in [1.165, 1.54) is 179 Å². The van der Waals surface area contributed by atoms with Gasteiger partial charge in [-0.15, -0.1) is 0 Å². The second-order valence-electron chi connectivity index (χ2n) is 15.9. The molecule has 0 aromatic carbocycles. The third kappa shape index (κ3) is 20.0. The van der Waals surface area contributed by atoms with Gasteiger partial charge < -0.3 is 0 Å². The maximum Gasteiger partial charge on any atom is -0.0386 e. The van der Waals surface area contributed by atoms with E-state index in [9.17, 15) is 0 Å². The summed E-state index contributed by atoms with van der Waals surface area (Å²) in [4.78, 5) is 0. The zero-order valence-electron chi connectivity index (χ0n) is 30.6. The second kappa shape index (κ2) is 28.2. The molecule has 0 aromatic rings. The summed E-state index contributed by atoms with van der Waals surface area (Å²) in [5.41, 5.74) is 0. The van der Waals surface area contributed by atoms with E-state index in [0.29, 0.717) is 0 Å². The van der Waals surface area contributed by atoms with Gasteiger partial charge in [0.2, 0.25) is 0 Å². The van der Waals surface area contributed by atoms with Gasteiger partial charge in [0.1, 0.15) is 0 Å². The van der Waals surface area contributed by atoms with Crippen LogP contribution in [0.1, 0.15) is 245 Å². The molecule has 0 amide bonds. The molecule has 6 saturated carbocycles. The van der Waals surface area contributed by atoms with Gasteiger partial charge in [-0.3, -0.25) is 0 Å². The highest BCUT2D eigenvalue weighted by molar-refractivity contribution is 4.81. The predicted octanol–water partition coefficient (Wildman–Crippen LogP) is 15.8. The third-order valence-corrected chi connectivity index (χ3v) is 12.3. The SMILES string of the molecule is C1CCC(C2CCC2)CC1.C1CCCCCCCCC1.C1CCCCCCCCC1.CC.CC1CCC(C2CCC2)CC1. The first kappa shape index (κ1) is 39.2. The van der Waals surface area contributed by atoms with Crippen molar-refractivity contribution < 1.29 is 0 Å². The van der Waals surface area contributed by atoms with Crippen LogP contribution in [0.5, 0.6) is 0 Å². The number of hydrogen-bond acceptors (Lipinski definition) is 0. The lowest BCUT2D eigenvalue weighted by Gasteiger charge is -2.37. The number of hydrogen-bond donors (Lipinski definition) is 0. The first-order valence-corrected chi connectivity index (χ1v) is 21.3. The van der Waals surface area contributed by atoms with Crippen LogP contribution in [0.4, 0.5) is 0 Å². The minimum atomic E-state index is 1.03. The smallest absolute Gasteiger partial charge is 0.0386 e. The van der Waals surface area contributed by atoms with E-state index in [2.05, 4.69) is 6.92 Å². The van der Waals surface area contributed by atoms with Crippen LogP contribution in [0.15, 0.2) is 0 Å². The summed E-state index contributed by atoms with van der Waals surface area (Å²) in [6.07, 6.45) is 53.1. The van der Waals surface area contributed by atoms with Gasteiger partial charge in [-0.05, 0) is 42.4 Å². The van der Waals surface area contributed by atoms with Crippen LogP contribution in [0, 0.1) is 29.6 Å². The molecule has 6 aliphatic rings. The van der Waals surface area contributed by atoms with Crippen molar-refractivity contribution in [2.45, 2.75) is 245 Å². The Bertz CT molecular complexity index is 456. The lowest BCUT2D eigenvalue weighted by molar-refractivity contribution is 0.143. The maximum atomic E-state index is 2.41. The van der Waals surface area contributed by atoms with Crippen molar-refractivity contribution in [1.82, 2.24) is 0 Å². The van der Waals surface area contributed by atoms with Gasteiger partial charge >= 0.3 is 0 Å². The Hall–Kier alpha value is 0. The first-order chi connectivity index (χ1) is 21.3. The highest BCUT2D eigenvalue weighted by Gasteiger charge is 2.29. The zero-order valence-corrected chi connectivity index (χ0v) is 30.6. The topological polar surface area (TPSA) is 0 Å². The Morgan fingerprint density at radius 3 is 0.605 bits per heavy atom. The van der Waals surface area contributed by atoms with Crippen molar-refractivity contribution in [2.75, 3.05) is 0 Å². The van der Waals surface area contributed by atoms with Gasteiger partial charge in [0.15, 0.2) is 0 Å². The summed E-state index contributed by atoms with van der Waals surface area (Å²) in [7, 11) is 0. The quantitative estimate of drug-likeness (QED) is 0.296. The van der Waals surface area contributed by atoms with E-state index >= 15 is 0 Å². The van der Waals surface area contributed by atoms with Crippen LogP contribution in [-0.4, -0.2) is 0 Å². The summed E-state index contributed by atoms with van der Waals surface area (Å²) in [6, 6.07) is 0. The highest BCUT2D eigenvalue weighted by atomic mass is 14.4. The Labute approximate surface area is 274 Å². The van der Waals surface area contributed by atoms with Gasteiger partial charge in [0, 0.05) is 0 Å². The molecule has 0 aliphatic heterocycles. The molecule has 0 radical (unpaired) electrons. The summed E-state index contributed by atoms with van der Waals surface area (Å²) in [6.45, 7) is 6.41. The minimum absolute atomic E-state index is 1.03. The van der Waals surface area contributed by atoms with Crippen molar-refractivity contribution in [3.05, 3.63) is 0 Å². The minimum Gasteiger partial charge on any atom is -0.0683 e. The van der Waals surface area contributed by atoms with E-state index in [1.54, 1.807) is 51.4 Å². The monoisotopic (exact) mass is 601 g/mol. The van der Waals surface area contributed by atoms with E-state index < -0.39 is 0 Å². The van der Waals surface area contributed by atoms with Gasteiger partial charge in [0.05, 0.1) is 0 Å². The molecule has 0 unspecified atom stereocenters. The van der Waals surface area contributed by atoms with Crippen molar-refractivity contribution in [1.29, 1.82) is 0 Å². The van der Waals surface area contributed by atoms with Crippen molar-refractivity contribution in [3.8, 4) is 0 Å². The molecule has 0 bridgehead atoms. The predicted molar refractivity (Wildman–Crippen MR) is 196 cm³/mol. The molecule has 43 heavy (non-hydrogen) atoms. The summed E-state index contributed by atoms with van der Waals surface area (Å²) >= 11 is 0. The van der Waals surface area contributed by atoms with Crippen LogP contribution in [-0.2, 0) is 0 Å². The lowest BCUT2D eigenvalue weighted by Crippen LogP contribution is -2.25. The number of rotatable bonds is 2. The molecule has 0 N–H and O–H groups in total. The Balaban J connectivity index is 0.000000196. The van der Waals surface area contributed by atoms with E-state index in [-0.39, 0.29) is 0 Å². The third-order valence-electron chi connectivity index (χ3n) is 12.3. The largest absolute Gasteiger partial charge is 0.0683 e. The van der Waals surface area contributed by atoms with Crippen LogP contribution in [0.25, 0.3) is 0 Å². The van der Waals surface area contributed by atoms with Gasteiger partial charge in [-0.25, -0.2) is 0 Å². The van der Waals surface area contributed by atoms with Gasteiger partial charge in [-0.2, -0.15) is 0 Å².